The Morgan fingerprint density at radius 3 is 2.41 bits per heavy atom. The number of alkyl halides is 3. The Kier molecular flexibility index (Phi) is 6.21. The number of carbonyl (C=O) groups excluding carboxylic acids is 2. The van der Waals surface area contributed by atoms with Gasteiger partial charge in [0, 0.05) is 43.6 Å². The fourth-order valence-electron chi connectivity index (χ4n) is 2.81. The molecule has 0 radical (unpaired) electrons. The molecule has 1 saturated heterocycles. The Morgan fingerprint density at radius 2 is 1.83 bits per heavy atom. The Bertz CT molecular complexity index is 884. The molecule has 29 heavy (non-hydrogen) atoms. The van der Waals surface area contributed by atoms with Crippen molar-refractivity contribution in [2.75, 3.05) is 37.6 Å². The number of hydrogen-bond donors (Lipinski definition) is 1. The molecule has 0 saturated carbocycles. The van der Waals surface area contributed by atoms with Gasteiger partial charge in [0.05, 0.1) is 12.1 Å². The number of piperazine rings is 1. The van der Waals surface area contributed by atoms with Gasteiger partial charge in [-0.1, -0.05) is 11.6 Å². The van der Waals surface area contributed by atoms with Crippen LogP contribution in [0.5, 0.6) is 0 Å². The first-order valence-corrected chi connectivity index (χ1v) is 9.07. The number of anilines is 1. The standard InChI is InChI=1S/C18H17ClF3N5O2/c19-13-3-4-23-14(9-13)17(29)25-11-16(28)27-7-5-26(6-8-27)15-2-1-12(10-24-15)18(20,21)22/h1-4,9-10H,5-8,11H2,(H,25,29). The topological polar surface area (TPSA) is 78.4 Å². The smallest absolute Gasteiger partial charge is 0.353 e. The van der Waals surface area contributed by atoms with Crippen LogP contribution in [-0.2, 0) is 11.0 Å². The molecule has 1 fully saturated rings. The SMILES string of the molecule is O=C(NCC(=O)N1CCN(c2ccc(C(F)(F)F)cn2)CC1)c1cc(Cl)ccn1. The quantitative estimate of drug-likeness (QED) is 0.809. The van der Waals surface area contributed by atoms with Crippen molar-refractivity contribution in [2.24, 2.45) is 0 Å². The fourth-order valence-corrected chi connectivity index (χ4v) is 2.97. The summed E-state index contributed by atoms with van der Waals surface area (Å²) in [6.45, 7) is 1.40. The summed E-state index contributed by atoms with van der Waals surface area (Å²) in [5.41, 5.74) is -0.691. The second-order valence-electron chi connectivity index (χ2n) is 6.31. The van der Waals surface area contributed by atoms with Gasteiger partial charge in [-0.3, -0.25) is 14.6 Å². The third-order valence-corrected chi connectivity index (χ3v) is 4.62. The van der Waals surface area contributed by atoms with Crippen LogP contribution in [0.15, 0.2) is 36.7 Å². The highest BCUT2D eigenvalue weighted by Gasteiger charge is 2.31. The first-order valence-electron chi connectivity index (χ1n) is 8.70. The highest BCUT2D eigenvalue weighted by molar-refractivity contribution is 6.30. The number of carbonyl (C=O) groups is 2. The molecule has 7 nitrogen and oxygen atoms in total. The number of nitrogens with one attached hydrogen (secondary N) is 1. The van der Waals surface area contributed by atoms with E-state index in [0.717, 1.165) is 12.3 Å². The fraction of sp³-hybridized carbons (Fsp3) is 0.333. The minimum absolute atomic E-state index is 0.114. The number of nitrogens with zero attached hydrogens (tertiary/aromatic N) is 4. The largest absolute Gasteiger partial charge is 0.417 e. The number of halogens is 4. The lowest BCUT2D eigenvalue weighted by atomic mass is 10.2. The van der Waals surface area contributed by atoms with Crippen molar-refractivity contribution in [1.29, 1.82) is 0 Å². The molecule has 0 bridgehead atoms. The van der Waals surface area contributed by atoms with E-state index in [1.54, 1.807) is 9.80 Å². The molecule has 0 atom stereocenters. The lowest BCUT2D eigenvalue weighted by Crippen LogP contribution is -2.51. The molecule has 0 aliphatic carbocycles. The Balaban J connectivity index is 1.48. The summed E-state index contributed by atoms with van der Waals surface area (Å²) in [7, 11) is 0. The van der Waals surface area contributed by atoms with Crippen molar-refractivity contribution in [2.45, 2.75) is 6.18 Å². The molecule has 1 aliphatic rings. The van der Waals surface area contributed by atoms with Crippen LogP contribution in [0, 0.1) is 0 Å². The van der Waals surface area contributed by atoms with Gasteiger partial charge in [0.2, 0.25) is 5.91 Å². The van der Waals surface area contributed by atoms with E-state index < -0.39 is 17.6 Å². The van der Waals surface area contributed by atoms with Crippen LogP contribution in [0.2, 0.25) is 5.02 Å². The van der Waals surface area contributed by atoms with Crippen molar-refractivity contribution in [3.05, 3.63) is 52.9 Å². The van der Waals surface area contributed by atoms with E-state index in [2.05, 4.69) is 15.3 Å². The number of amides is 2. The van der Waals surface area contributed by atoms with Gasteiger partial charge in [-0.2, -0.15) is 13.2 Å². The number of rotatable bonds is 4. The van der Waals surface area contributed by atoms with Crippen LogP contribution in [0.3, 0.4) is 0 Å². The molecule has 0 unspecified atom stereocenters. The van der Waals surface area contributed by atoms with Crippen LogP contribution in [0.1, 0.15) is 16.1 Å². The van der Waals surface area contributed by atoms with Gasteiger partial charge in [0.25, 0.3) is 5.91 Å². The maximum absolute atomic E-state index is 12.6. The predicted molar refractivity (Wildman–Crippen MR) is 99.6 cm³/mol. The van der Waals surface area contributed by atoms with Gasteiger partial charge < -0.3 is 15.1 Å². The summed E-state index contributed by atoms with van der Waals surface area (Å²) in [4.78, 5) is 35.5. The van der Waals surface area contributed by atoms with E-state index in [1.807, 2.05) is 0 Å². The van der Waals surface area contributed by atoms with Crippen LogP contribution in [-0.4, -0.2) is 59.4 Å². The van der Waals surface area contributed by atoms with E-state index in [-0.39, 0.29) is 18.1 Å². The van der Waals surface area contributed by atoms with E-state index in [4.69, 9.17) is 11.6 Å². The third-order valence-electron chi connectivity index (χ3n) is 4.39. The summed E-state index contributed by atoms with van der Waals surface area (Å²) in [6, 6.07) is 5.24. The summed E-state index contributed by atoms with van der Waals surface area (Å²) >= 11 is 5.81. The van der Waals surface area contributed by atoms with Gasteiger partial charge >= 0.3 is 6.18 Å². The maximum Gasteiger partial charge on any atom is 0.417 e. The highest BCUT2D eigenvalue weighted by Crippen LogP contribution is 2.29. The number of aromatic nitrogens is 2. The average molecular weight is 428 g/mol. The van der Waals surface area contributed by atoms with Crippen molar-refractivity contribution in [3.8, 4) is 0 Å². The van der Waals surface area contributed by atoms with Gasteiger partial charge in [0.1, 0.15) is 11.5 Å². The van der Waals surface area contributed by atoms with Crippen LogP contribution < -0.4 is 10.2 Å². The monoisotopic (exact) mass is 427 g/mol. The van der Waals surface area contributed by atoms with Crippen LogP contribution in [0.4, 0.5) is 19.0 Å². The van der Waals surface area contributed by atoms with E-state index >= 15 is 0 Å². The Hall–Kier alpha value is -2.88. The van der Waals surface area contributed by atoms with Gasteiger partial charge in [0.15, 0.2) is 0 Å². The molecule has 2 amide bonds. The molecule has 1 N–H and O–H groups in total. The number of hydrogen-bond acceptors (Lipinski definition) is 5. The summed E-state index contributed by atoms with van der Waals surface area (Å²) < 4.78 is 37.9. The summed E-state index contributed by atoms with van der Waals surface area (Å²) in [6.07, 6.45) is -2.23. The highest BCUT2D eigenvalue weighted by atomic mass is 35.5. The second kappa shape index (κ2) is 8.64. The average Bonchev–Trinajstić information content (AvgIpc) is 2.71. The lowest BCUT2D eigenvalue weighted by molar-refractivity contribution is -0.137. The molecule has 2 aromatic heterocycles. The zero-order chi connectivity index (χ0) is 21.0. The summed E-state index contributed by atoms with van der Waals surface area (Å²) in [5.74, 6) is -0.348. The van der Waals surface area contributed by atoms with Gasteiger partial charge in [-0.05, 0) is 24.3 Å². The van der Waals surface area contributed by atoms with Crippen LogP contribution in [0.25, 0.3) is 0 Å². The van der Waals surface area contributed by atoms with Crippen molar-refractivity contribution in [3.63, 3.8) is 0 Å². The molecule has 154 valence electrons. The maximum atomic E-state index is 12.6. The Morgan fingerprint density at radius 1 is 1.10 bits per heavy atom. The lowest BCUT2D eigenvalue weighted by Gasteiger charge is -2.35. The van der Waals surface area contributed by atoms with Gasteiger partial charge in [-0.15, -0.1) is 0 Å². The van der Waals surface area contributed by atoms with E-state index in [1.165, 1.54) is 24.4 Å². The molecule has 0 aromatic carbocycles. The van der Waals surface area contributed by atoms with Crippen molar-refractivity contribution >= 4 is 29.2 Å². The first-order chi connectivity index (χ1) is 13.7. The van der Waals surface area contributed by atoms with Crippen LogP contribution >= 0.6 is 11.6 Å². The minimum Gasteiger partial charge on any atom is -0.353 e. The second-order valence-corrected chi connectivity index (χ2v) is 6.75. The molecule has 2 aromatic rings. The number of pyridine rings is 2. The predicted octanol–water partition coefficient (Wildman–Crippen LogP) is 2.23. The van der Waals surface area contributed by atoms with E-state index in [0.29, 0.717) is 37.0 Å². The van der Waals surface area contributed by atoms with Crippen molar-refractivity contribution in [1.82, 2.24) is 20.2 Å². The molecule has 0 spiro atoms. The van der Waals surface area contributed by atoms with Crippen molar-refractivity contribution < 1.29 is 22.8 Å². The molecule has 1 aliphatic heterocycles. The normalized spacial score (nSPS) is 14.6. The molecular formula is C18H17ClF3N5O2. The summed E-state index contributed by atoms with van der Waals surface area (Å²) in [5, 5.41) is 2.87. The molecule has 11 heteroatoms. The molecular weight excluding hydrogens is 411 g/mol. The zero-order valence-corrected chi connectivity index (χ0v) is 15.9. The minimum atomic E-state index is -4.43. The Labute approximate surface area is 169 Å². The van der Waals surface area contributed by atoms with E-state index in [9.17, 15) is 22.8 Å². The molecule has 3 heterocycles. The van der Waals surface area contributed by atoms with Gasteiger partial charge in [-0.25, -0.2) is 4.98 Å². The first kappa shape index (κ1) is 20.8. The zero-order valence-electron chi connectivity index (χ0n) is 15.1. The molecule has 3 rings (SSSR count). The third kappa shape index (κ3) is 5.35.